The van der Waals surface area contributed by atoms with Gasteiger partial charge < -0.3 is 14.5 Å². The molecule has 1 aliphatic rings. The lowest BCUT2D eigenvalue weighted by molar-refractivity contribution is -0.115. The van der Waals surface area contributed by atoms with Crippen LogP contribution in [-0.4, -0.2) is 29.9 Å². The van der Waals surface area contributed by atoms with Crippen LogP contribution in [0, 0.1) is 6.92 Å². The van der Waals surface area contributed by atoms with Gasteiger partial charge in [0.25, 0.3) is 5.91 Å². The van der Waals surface area contributed by atoms with Crippen molar-refractivity contribution in [2.45, 2.75) is 39.0 Å². The number of thiophene rings is 1. The summed E-state index contributed by atoms with van der Waals surface area (Å²) in [5.41, 5.74) is 2.43. The maximum absolute atomic E-state index is 12.6. The predicted molar refractivity (Wildman–Crippen MR) is 118 cm³/mol. The van der Waals surface area contributed by atoms with Crippen molar-refractivity contribution in [3.05, 3.63) is 50.7 Å². The number of furan rings is 1. The molecular weight excluding hydrogens is 438 g/mol. The second-order valence-corrected chi connectivity index (χ2v) is 9.08. The Morgan fingerprint density at radius 3 is 2.77 bits per heavy atom. The average molecular weight is 460 g/mol. The number of aryl methyl sites for hydroxylation is 2. The second kappa shape index (κ2) is 9.03. The molecule has 0 radical (unpaired) electrons. The normalized spacial score (nSPS) is 12.8. The molecule has 0 atom stereocenters. The summed E-state index contributed by atoms with van der Waals surface area (Å²) in [6.45, 7) is 1.71. The molecule has 2 N–H and O–H groups in total. The minimum Gasteiger partial charge on any atom is -0.469 e. The summed E-state index contributed by atoms with van der Waals surface area (Å²) >= 11 is 2.68. The first-order chi connectivity index (χ1) is 15.0. The quantitative estimate of drug-likeness (QED) is 0.535. The third-order valence-electron chi connectivity index (χ3n) is 5.03. The summed E-state index contributed by atoms with van der Waals surface area (Å²) in [5, 5.41) is 8.21. The number of hydrogen-bond acceptors (Lipinski definition) is 8. The first-order valence-corrected chi connectivity index (χ1v) is 11.5. The van der Waals surface area contributed by atoms with E-state index in [1.807, 2.05) is 0 Å². The van der Waals surface area contributed by atoms with Gasteiger partial charge in [0, 0.05) is 10.3 Å². The zero-order valence-corrected chi connectivity index (χ0v) is 18.7. The molecule has 162 valence electrons. The Morgan fingerprint density at radius 2 is 2.03 bits per heavy atom. The highest BCUT2D eigenvalue weighted by Gasteiger charge is 2.27. The Bertz CT molecular complexity index is 1140. The molecule has 0 aromatic carbocycles. The van der Waals surface area contributed by atoms with Crippen LogP contribution >= 0.6 is 22.7 Å². The number of anilines is 2. The summed E-state index contributed by atoms with van der Waals surface area (Å²) in [4.78, 5) is 42.7. The van der Waals surface area contributed by atoms with Gasteiger partial charge in [-0.3, -0.25) is 14.9 Å². The lowest BCUT2D eigenvalue weighted by Crippen LogP contribution is -2.17. The first-order valence-electron chi connectivity index (χ1n) is 9.78. The van der Waals surface area contributed by atoms with Crippen LogP contribution in [0.1, 0.15) is 55.5 Å². The number of ether oxygens (including phenoxy) is 1. The molecule has 0 aliphatic heterocycles. The number of thiazole rings is 1. The minimum absolute atomic E-state index is 0.0281. The van der Waals surface area contributed by atoms with Crippen molar-refractivity contribution in [2.75, 3.05) is 17.7 Å². The molecule has 0 saturated heterocycles. The van der Waals surface area contributed by atoms with Crippen LogP contribution in [0.15, 0.2) is 22.1 Å². The topological polar surface area (TPSA) is 111 Å². The smallest absolute Gasteiger partial charge is 0.341 e. The number of hydrogen-bond donors (Lipinski definition) is 2. The van der Waals surface area contributed by atoms with E-state index in [0.29, 0.717) is 32.7 Å². The standard InChI is InChI=1S/C21H21N3O5S2/c1-11-13(7-8-29-11)18(26)24-21-22-12(10-30-21)9-16(25)23-19-17(20(27)28-2)14-5-3-4-6-15(14)31-19/h7-8,10H,3-6,9H2,1-2H3,(H,23,25)(H,22,24,26). The number of fused-ring (bicyclic) bond motifs is 1. The van der Waals surface area contributed by atoms with E-state index < -0.39 is 5.97 Å². The number of aromatic nitrogens is 1. The summed E-state index contributed by atoms with van der Waals surface area (Å²) in [5.74, 6) is -0.502. The van der Waals surface area contributed by atoms with Gasteiger partial charge in [-0.05, 0) is 44.2 Å². The third kappa shape index (κ3) is 4.54. The van der Waals surface area contributed by atoms with E-state index in [9.17, 15) is 14.4 Å². The van der Waals surface area contributed by atoms with E-state index in [2.05, 4.69) is 15.6 Å². The molecule has 3 aromatic heterocycles. The summed E-state index contributed by atoms with van der Waals surface area (Å²) < 4.78 is 10.1. The van der Waals surface area contributed by atoms with Crippen LogP contribution in [0.3, 0.4) is 0 Å². The maximum atomic E-state index is 12.6. The lowest BCUT2D eigenvalue weighted by atomic mass is 9.95. The number of carbonyl (C=O) groups is 3. The van der Waals surface area contributed by atoms with Crippen molar-refractivity contribution < 1.29 is 23.5 Å². The highest BCUT2D eigenvalue weighted by molar-refractivity contribution is 7.17. The van der Waals surface area contributed by atoms with Crippen molar-refractivity contribution in [3.8, 4) is 0 Å². The van der Waals surface area contributed by atoms with Crippen molar-refractivity contribution in [2.24, 2.45) is 0 Å². The molecule has 0 bridgehead atoms. The van der Waals surface area contributed by atoms with E-state index in [-0.39, 0.29) is 18.2 Å². The van der Waals surface area contributed by atoms with E-state index >= 15 is 0 Å². The van der Waals surface area contributed by atoms with Crippen LogP contribution in [0.25, 0.3) is 0 Å². The number of amides is 2. The van der Waals surface area contributed by atoms with Gasteiger partial charge in [0.05, 0.1) is 36.6 Å². The zero-order valence-electron chi connectivity index (χ0n) is 17.1. The van der Waals surface area contributed by atoms with Gasteiger partial charge in [0.1, 0.15) is 10.8 Å². The largest absolute Gasteiger partial charge is 0.469 e. The Labute approximate surface area is 186 Å². The molecule has 3 aromatic rings. The predicted octanol–water partition coefficient (Wildman–Crippen LogP) is 4.20. The zero-order chi connectivity index (χ0) is 22.0. The van der Waals surface area contributed by atoms with Crippen LogP contribution in [0.5, 0.6) is 0 Å². The van der Waals surface area contributed by atoms with E-state index in [1.54, 1.807) is 18.4 Å². The number of nitrogens with zero attached hydrogens (tertiary/aromatic N) is 1. The van der Waals surface area contributed by atoms with Crippen molar-refractivity contribution >= 4 is 50.6 Å². The van der Waals surface area contributed by atoms with Gasteiger partial charge >= 0.3 is 5.97 Å². The number of carbonyl (C=O) groups excluding carboxylic acids is 3. The van der Waals surface area contributed by atoms with Crippen molar-refractivity contribution in [1.82, 2.24) is 4.98 Å². The molecule has 31 heavy (non-hydrogen) atoms. The summed E-state index contributed by atoms with van der Waals surface area (Å²) in [6, 6.07) is 1.59. The summed E-state index contributed by atoms with van der Waals surface area (Å²) in [6.07, 6.45) is 5.30. The molecular formula is C21H21N3O5S2. The molecule has 0 spiro atoms. The Morgan fingerprint density at radius 1 is 1.23 bits per heavy atom. The van der Waals surface area contributed by atoms with E-state index in [4.69, 9.17) is 9.15 Å². The van der Waals surface area contributed by atoms with Crippen LogP contribution in [0.4, 0.5) is 10.1 Å². The Kier molecular flexibility index (Phi) is 6.19. The van der Waals surface area contributed by atoms with E-state index in [1.165, 1.54) is 36.0 Å². The van der Waals surface area contributed by atoms with Gasteiger partial charge in [0.15, 0.2) is 5.13 Å². The third-order valence-corrected chi connectivity index (χ3v) is 7.04. The van der Waals surface area contributed by atoms with Crippen LogP contribution in [0.2, 0.25) is 0 Å². The van der Waals surface area contributed by atoms with E-state index in [0.717, 1.165) is 36.1 Å². The highest BCUT2D eigenvalue weighted by atomic mass is 32.1. The van der Waals surface area contributed by atoms with Gasteiger partial charge in [-0.2, -0.15) is 0 Å². The average Bonchev–Trinajstić information content (AvgIpc) is 3.45. The van der Waals surface area contributed by atoms with Gasteiger partial charge in [-0.1, -0.05) is 0 Å². The lowest BCUT2D eigenvalue weighted by Gasteiger charge is -2.11. The first kappa shape index (κ1) is 21.3. The van der Waals surface area contributed by atoms with Gasteiger partial charge in [-0.25, -0.2) is 9.78 Å². The van der Waals surface area contributed by atoms with Gasteiger partial charge in [0.2, 0.25) is 5.91 Å². The Hall–Kier alpha value is -2.98. The molecule has 0 fully saturated rings. The number of methoxy groups -OCH3 is 1. The fourth-order valence-corrected chi connectivity index (χ4v) is 5.54. The number of nitrogens with one attached hydrogen (secondary N) is 2. The molecule has 1 aliphatic carbocycles. The fraction of sp³-hybridized carbons (Fsp3) is 0.333. The number of esters is 1. The molecule has 4 rings (SSSR count). The molecule has 3 heterocycles. The molecule has 0 unspecified atom stereocenters. The minimum atomic E-state index is -0.428. The Balaban J connectivity index is 1.43. The SMILES string of the molecule is COC(=O)c1c(NC(=O)Cc2csc(NC(=O)c3ccoc3C)n2)sc2c1CCCC2. The monoisotopic (exact) mass is 459 g/mol. The summed E-state index contributed by atoms with van der Waals surface area (Å²) in [7, 11) is 1.34. The van der Waals surface area contributed by atoms with Crippen LogP contribution < -0.4 is 10.6 Å². The molecule has 10 heteroatoms. The molecule has 0 saturated carbocycles. The van der Waals surface area contributed by atoms with Crippen LogP contribution in [-0.2, 0) is 28.8 Å². The maximum Gasteiger partial charge on any atom is 0.341 e. The molecule has 8 nitrogen and oxygen atoms in total. The van der Waals surface area contributed by atoms with Gasteiger partial charge in [-0.15, -0.1) is 22.7 Å². The van der Waals surface area contributed by atoms with Crippen molar-refractivity contribution in [3.63, 3.8) is 0 Å². The fourth-order valence-electron chi connectivity index (χ4n) is 3.54. The second-order valence-electron chi connectivity index (χ2n) is 7.12. The highest BCUT2D eigenvalue weighted by Crippen LogP contribution is 2.38. The van der Waals surface area contributed by atoms with Crippen molar-refractivity contribution in [1.29, 1.82) is 0 Å². The number of rotatable bonds is 6. The molecule has 2 amide bonds.